The molecular formula is C22H35IN4O3. The Balaban J connectivity index is 0.00000256. The normalized spacial score (nSPS) is 21.0. The van der Waals surface area contributed by atoms with Crippen LogP contribution in [0, 0.1) is 0 Å². The highest BCUT2D eigenvalue weighted by molar-refractivity contribution is 14.0. The van der Waals surface area contributed by atoms with Gasteiger partial charge in [-0.2, -0.15) is 0 Å². The number of guanidine groups is 1. The van der Waals surface area contributed by atoms with E-state index in [1.807, 2.05) is 7.05 Å². The van der Waals surface area contributed by atoms with Crippen molar-refractivity contribution in [2.75, 3.05) is 59.8 Å². The molecule has 0 spiro atoms. The molecule has 2 N–H and O–H groups in total. The number of aliphatic imine (C=N–C) groups is 1. The van der Waals surface area contributed by atoms with Gasteiger partial charge >= 0.3 is 0 Å². The van der Waals surface area contributed by atoms with Crippen LogP contribution in [0.1, 0.15) is 37.7 Å². The molecule has 2 heterocycles. The summed E-state index contributed by atoms with van der Waals surface area (Å²) in [5, 5.41) is 7.09. The van der Waals surface area contributed by atoms with Gasteiger partial charge in [0.2, 0.25) is 6.79 Å². The van der Waals surface area contributed by atoms with Crippen molar-refractivity contribution in [2.45, 2.75) is 37.5 Å². The predicted molar refractivity (Wildman–Crippen MR) is 129 cm³/mol. The van der Waals surface area contributed by atoms with E-state index < -0.39 is 0 Å². The van der Waals surface area contributed by atoms with Gasteiger partial charge in [0.25, 0.3) is 0 Å². The molecule has 2 fully saturated rings. The van der Waals surface area contributed by atoms with Crippen molar-refractivity contribution in [3.8, 4) is 11.5 Å². The monoisotopic (exact) mass is 530 g/mol. The Bertz CT molecular complexity index is 704. The molecule has 1 saturated carbocycles. The van der Waals surface area contributed by atoms with Crippen LogP contribution in [0.25, 0.3) is 0 Å². The van der Waals surface area contributed by atoms with E-state index in [1.54, 1.807) is 0 Å². The smallest absolute Gasteiger partial charge is 0.231 e. The Hall–Kier alpha value is -1.26. The van der Waals surface area contributed by atoms with Gasteiger partial charge in [0.1, 0.15) is 0 Å². The molecule has 30 heavy (non-hydrogen) atoms. The lowest BCUT2D eigenvalue weighted by Crippen LogP contribution is -2.48. The number of halogens is 1. The summed E-state index contributed by atoms with van der Waals surface area (Å²) in [6, 6.07) is 6.46. The third-order valence-corrected chi connectivity index (χ3v) is 6.44. The van der Waals surface area contributed by atoms with Crippen LogP contribution in [0.4, 0.5) is 0 Å². The Morgan fingerprint density at radius 1 is 1.07 bits per heavy atom. The maximum Gasteiger partial charge on any atom is 0.231 e. The molecule has 1 aliphatic carbocycles. The quantitative estimate of drug-likeness (QED) is 0.335. The van der Waals surface area contributed by atoms with Gasteiger partial charge in [-0.25, -0.2) is 0 Å². The summed E-state index contributed by atoms with van der Waals surface area (Å²) in [6.07, 6.45) is 6.21. The fourth-order valence-electron chi connectivity index (χ4n) is 4.65. The minimum atomic E-state index is 0. The van der Waals surface area contributed by atoms with E-state index in [2.05, 4.69) is 38.7 Å². The molecule has 0 unspecified atom stereocenters. The number of nitrogens with one attached hydrogen (secondary N) is 2. The molecule has 3 aliphatic rings. The fourth-order valence-corrected chi connectivity index (χ4v) is 4.65. The van der Waals surface area contributed by atoms with Gasteiger partial charge in [-0.15, -0.1) is 24.0 Å². The Labute approximate surface area is 196 Å². The zero-order valence-corrected chi connectivity index (χ0v) is 20.3. The van der Waals surface area contributed by atoms with Crippen LogP contribution in [0.3, 0.4) is 0 Å². The lowest BCUT2D eigenvalue weighted by molar-refractivity contribution is 0.0389. The third kappa shape index (κ3) is 5.70. The summed E-state index contributed by atoms with van der Waals surface area (Å²) in [7, 11) is 1.85. The predicted octanol–water partition coefficient (Wildman–Crippen LogP) is 2.73. The molecule has 1 aromatic carbocycles. The summed E-state index contributed by atoms with van der Waals surface area (Å²) in [4.78, 5) is 6.87. The molecule has 0 bridgehead atoms. The van der Waals surface area contributed by atoms with Crippen molar-refractivity contribution in [2.24, 2.45) is 4.99 Å². The molecule has 8 heteroatoms. The second-order valence-corrected chi connectivity index (χ2v) is 8.22. The Morgan fingerprint density at radius 2 is 1.83 bits per heavy atom. The van der Waals surface area contributed by atoms with Crippen LogP contribution in [0.2, 0.25) is 0 Å². The molecule has 1 aromatic rings. The average Bonchev–Trinajstić information content (AvgIpc) is 3.25. The number of ether oxygens (including phenoxy) is 3. The molecule has 0 atom stereocenters. The van der Waals surface area contributed by atoms with Gasteiger partial charge in [0.05, 0.1) is 13.2 Å². The number of benzene rings is 1. The van der Waals surface area contributed by atoms with E-state index in [0.29, 0.717) is 6.79 Å². The largest absolute Gasteiger partial charge is 0.454 e. The second-order valence-electron chi connectivity index (χ2n) is 8.22. The van der Waals surface area contributed by atoms with E-state index >= 15 is 0 Å². The highest BCUT2D eigenvalue weighted by Crippen LogP contribution is 2.43. The SMILES string of the molecule is CN=C(NCCN1CCOCC1)NCC1(c2ccc3c(c2)OCO3)CCCCC1.I. The first-order chi connectivity index (χ1) is 14.3. The minimum absolute atomic E-state index is 0. The summed E-state index contributed by atoms with van der Waals surface area (Å²) in [5.41, 5.74) is 1.46. The molecule has 168 valence electrons. The van der Waals surface area contributed by atoms with Crippen LogP contribution in [0.15, 0.2) is 23.2 Å². The maximum absolute atomic E-state index is 5.64. The van der Waals surface area contributed by atoms with Crippen molar-refractivity contribution in [3.05, 3.63) is 23.8 Å². The van der Waals surface area contributed by atoms with Crippen molar-refractivity contribution in [1.82, 2.24) is 15.5 Å². The van der Waals surface area contributed by atoms with E-state index in [0.717, 1.165) is 63.4 Å². The number of hydrogen-bond acceptors (Lipinski definition) is 5. The van der Waals surface area contributed by atoms with Crippen molar-refractivity contribution >= 4 is 29.9 Å². The number of hydrogen-bond donors (Lipinski definition) is 2. The summed E-state index contributed by atoms with van der Waals surface area (Å²) in [6.45, 7) is 6.81. The fraction of sp³-hybridized carbons (Fsp3) is 0.682. The van der Waals surface area contributed by atoms with Gasteiger partial charge in [-0.05, 0) is 30.5 Å². The van der Waals surface area contributed by atoms with Crippen molar-refractivity contribution < 1.29 is 14.2 Å². The summed E-state index contributed by atoms with van der Waals surface area (Å²) >= 11 is 0. The number of morpholine rings is 1. The first-order valence-electron chi connectivity index (χ1n) is 10.9. The van der Waals surface area contributed by atoms with Gasteiger partial charge < -0.3 is 24.8 Å². The van der Waals surface area contributed by atoms with Gasteiger partial charge in [-0.1, -0.05) is 25.3 Å². The molecule has 0 amide bonds. The zero-order chi connectivity index (χ0) is 19.9. The molecule has 0 radical (unpaired) electrons. The average molecular weight is 530 g/mol. The van der Waals surface area contributed by atoms with E-state index in [9.17, 15) is 0 Å². The molecule has 2 aliphatic heterocycles. The van der Waals surface area contributed by atoms with Crippen LogP contribution < -0.4 is 20.1 Å². The van der Waals surface area contributed by atoms with Crippen LogP contribution in [-0.4, -0.2) is 70.6 Å². The van der Waals surface area contributed by atoms with Crippen LogP contribution in [0.5, 0.6) is 11.5 Å². The molecule has 4 rings (SSSR count). The Morgan fingerprint density at radius 3 is 2.60 bits per heavy atom. The lowest BCUT2D eigenvalue weighted by Gasteiger charge is -2.38. The minimum Gasteiger partial charge on any atom is -0.454 e. The van der Waals surface area contributed by atoms with Gasteiger partial charge in [0, 0.05) is 45.2 Å². The topological polar surface area (TPSA) is 67.4 Å². The summed E-state index contributed by atoms with van der Waals surface area (Å²) < 4.78 is 16.6. The lowest BCUT2D eigenvalue weighted by atomic mass is 9.69. The standard InChI is InChI=1S/C22H34N4O3.HI/c1-23-21(24-9-10-26-11-13-27-14-12-26)25-16-22(7-3-2-4-8-22)18-5-6-19-20(15-18)29-17-28-19;/h5-6,15H,2-4,7-14,16-17H2,1H3,(H2,23,24,25);1H. The van der Waals surface area contributed by atoms with Crippen molar-refractivity contribution in [3.63, 3.8) is 0 Å². The zero-order valence-electron chi connectivity index (χ0n) is 18.0. The Kier molecular flexibility index (Phi) is 8.88. The van der Waals surface area contributed by atoms with E-state index in [1.165, 1.54) is 37.7 Å². The number of nitrogens with zero attached hydrogens (tertiary/aromatic N) is 2. The maximum atomic E-state index is 5.64. The van der Waals surface area contributed by atoms with Crippen LogP contribution >= 0.6 is 24.0 Å². The highest BCUT2D eigenvalue weighted by atomic mass is 127. The highest BCUT2D eigenvalue weighted by Gasteiger charge is 2.35. The second kappa shape index (κ2) is 11.4. The van der Waals surface area contributed by atoms with E-state index in [-0.39, 0.29) is 29.4 Å². The van der Waals surface area contributed by atoms with Crippen molar-refractivity contribution in [1.29, 1.82) is 0 Å². The molecular weight excluding hydrogens is 495 g/mol. The van der Waals surface area contributed by atoms with Crippen LogP contribution in [-0.2, 0) is 10.2 Å². The van der Waals surface area contributed by atoms with E-state index in [4.69, 9.17) is 14.2 Å². The third-order valence-electron chi connectivity index (χ3n) is 6.44. The summed E-state index contributed by atoms with van der Waals surface area (Å²) in [5.74, 6) is 2.61. The van der Waals surface area contributed by atoms with Gasteiger partial charge in [0.15, 0.2) is 17.5 Å². The molecule has 0 aromatic heterocycles. The van der Waals surface area contributed by atoms with Gasteiger partial charge in [-0.3, -0.25) is 9.89 Å². The number of fused-ring (bicyclic) bond motifs is 1. The molecule has 1 saturated heterocycles. The molecule has 7 nitrogen and oxygen atoms in total. The first kappa shape index (κ1) is 23.4. The number of rotatable bonds is 6. The first-order valence-corrected chi connectivity index (χ1v) is 10.9.